The van der Waals surface area contributed by atoms with Crippen LogP contribution in [0.5, 0.6) is 0 Å². The van der Waals surface area contributed by atoms with E-state index in [4.69, 9.17) is 11.6 Å². The van der Waals surface area contributed by atoms with E-state index in [9.17, 15) is 8.42 Å². The van der Waals surface area contributed by atoms with Crippen molar-refractivity contribution in [3.05, 3.63) is 34.9 Å². The second-order valence-electron chi connectivity index (χ2n) is 4.52. The van der Waals surface area contributed by atoms with Gasteiger partial charge >= 0.3 is 0 Å². The van der Waals surface area contributed by atoms with Gasteiger partial charge in [-0.15, -0.1) is 0 Å². The van der Waals surface area contributed by atoms with Crippen LogP contribution in [0.1, 0.15) is 18.5 Å². The number of rotatable bonds is 4. The summed E-state index contributed by atoms with van der Waals surface area (Å²) < 4.78 is 28.6. The van der Waals surface area contributed by atoms with Crippen molar-refractivity contribution >= 4 is 21.8 Å². The Morgan fingerprint density at radius 1 is 1.32 bits per heavy atom. The average Bonchev–Trinajstić information content (AvgIpc) is 2.39. The van der Waals surface area contributed by atoms with E-state index >= 15 is 0 Å². The van der Waals surface area contributed by atoms with Gasteiger partial charge in [-0.1, -0.05) is 29.8 Å². The van der Waals surface area contributed by atoms with Crippen molar-refractivity contribution in [2.75, 3.05) is 26.2 Å². The molecule has 7 heteroatoms. The fraction of sp³-hybridized carbons (Fsp3) is 0.500. The van der Waals surface area contributed by atoms with Gasteiger partial charge in [0.1, 0.15) is 0 Å². The molecule has 2 N–H and O–H groups in total. The maximum Gasteiger partial charge on any atom is 0.280 e. The number of piperazine rings is 1. The molecule has 1 aliphatic heterocycles. The summed E-state index contributed by atoms with van der Waals surface area (Å²) in [5.41, 5.74) is 0.780. The lowest BCUT2D eigenvalue weighted by molar-refractivity contribution is 0.352. The van der Waals surface area contributed by atoms with Gasteiger partial charge in [0.05, 0.1) is 0 Å². The normalized spacial score (nSPS) is 19.3. The minimum absolute atomic E-state index is 0.353. The van der Waals surface area contributed by atoms with E-state index in [0.29, 0.717) is 31.2 Å². The Bertz CT molecular complexity index is 530. The standard InChI is InChI=1S/C12H18ClN3O2S/c1-10(11-4-2-3-5-12(11)13)15-19(17,18)16-8-6-14-7-9-16/h2-5,10,14-15H,6-9H2,1H3. The Balaban J connectivity index is 2.09. The first kappa shape index (κ1) is 14.7. The van der Waals surface area contributed by atoms with Crippen molar-refractivity contribution in [1.82, 2.24) is 14.3 Å². The topological polar surface area (TPSA) is 61.4 Å². The molecule has 0 amide bonds. The largest absolute Gasteiger partial charge is 0.314 e. The van der Waals surface area contributed by atoms with Crippen molar-refractivity contribution in [2.24, 2.45) is 0 Å². The van der Waals surface area contributed by atoms with Crippen molar-refractivity contribution in [2.45, 2.75) is 13.0 Å². The molecule has 0 aromatic heterocycles. The van der Waals surface area contributed by atoms with Gasteiger partial charge in [-0.05, 0) is 18.6 Å². The van der Waals surface area contributed by atoms with E-state index < -0.39 is 10.2 Å². The van der Waals surface area contributed by atoms with E-state index in [2.05, 4.69) is 10.0 Å². The summed E-state index contributed by atoms with van der Waals surface area (Å²) in [5.74, 6) is 0. The third-order valence-corrected chi connectivity index (χ3v) is 5.15. The molecule has 0 spiro atoms. The van der Waals surface area contributed by atoms with E-state index in [1.807, 2.05) is 18.2 Å². The maximum absolute atomic E-state index is 12.2. The molecular weight excluding hydrogens is 286 g/mol. The first-order valence-corrected chi connectivity index (χ1v) is 8.05. The van der Waals surface area contributed by atoms with Crippen molar-refractivity contribution < 1.29 is 8.42 Å². The van der Waals surface area contributed by atoms with E-state index in [0.717, 1.165) is 5.56 Å². The third-order valence-electron chi connectivity index (χ3n) is 3.11. The lowest BCUT2D eigenvalue weighted by atomic mass is 10.1. The summed E-state index contributed by atoms with van der Waals surface area (Å²) in [6, 6.07) is 6.90. The van der Waals surface area contributed by atoms with Gasteiger partial charge in [-0.25, -0.2) is 0 Å². The number of nitrogens with zero attached hydrogens (tertiary/aromatic N) is 1. The molecule has 1 unspecified atom stereocenters. The van der Waals surface area contributed by atoms with E-state index in [1.54, 1.807) is 13.0 Å². The van der Waals surface area contributed by atoms with Crippen LogP contribution in [0, 0.1) is 0 Å². The molecule has 0 aliphatic carbocycles. The summed E-state index contributed by atoms with van der Waals surface area (Å²) in [4.78, 5) is 0. The van der Waals surface area contributed by atoms with Gasteiger partial charge in [-0.2, -0.15) is 17.4 Å². The molecule has 1 aromatic rings. The van der Waals surface area contributed by atoms with Crippen LogP contribution in [0.15, 0.2) is 24.3 Å². The zero-order valence-corrected chi connectivity index (χ0v) is 12.3. The molecule has 0 saturated carbocycles. The molecule has 1 saturated heterocycles. The average molecular weight is 304 g/mol. The van der Waals surface area contributed by atoms with Crippen LogP contribution in [0.3, 0.4) is 0 Å². The van der Waals surface area contributed by atoms with Crippen LogP contribution in [-0.4, -0.2) is 38.9 Å². The lowest BCUT2D eigenvalue weighted by Crippen LogP contribution is -2.50. The van der Waals surface area contributed by atoms with Gasteiger partial charge in [0.2, 0.25) is 0 Å². The number of benzene rings is 1. The highest BCUT2D eigenvalue weighted by Crippen LogP contribution is 2.23. The molecule has 0 radical (unpaired) electrons. The Labute approximate surface area is 119 Å². The third kappa shape index (κ3) is 3.67. The van der Waals surface area contributed by atoms with Crippen molar-refractivity contribution in [3.8, 4) is 0 Å². The van der Waals surface area contributed by atoms with Crippen LogP contribution in [0.2, 0.25) is 5.02 Å². The quantitative estimate of drug-likeness (QED) is 0.877. The first-order chi connectivity index (χ1) is 9.00. The van der Waals surface area contributed by atoms with Gasteiger partial charge in [0.15, 0.2) is 0 Å². The molecule has 5 nitrogen and oxygen atoms in total. The number of hydrogen-bond acceptors (Lipinski definition) is 3. The number of halogens is 1. The molecule has 2 rings (SSSR count). The minimum atomic E-state index is -3.46. The monoisotopic (exact) mass is 303 g/mol. The summed E-state index contributed by atoms with van der Waals surface area (Å²) in [7, 11) is -3.46. The van der Waals surface area contributed by atoms with E-state index in [-0.39, 0.29) is 6.04 Å². The van der Waals surface area contributed by atoms with Crippen LogP contribution in [-0.2, 0) is 10.2 Å². The van der Waals surface area contributed by atoms with Crippen LogP contribution >= 0.6 is 11.6 Å². The molecule has 1 aromatic carbocycles. The highest BCUT2D eigenvalue weighted by atomic mass is 35.5. The van der Waals surface area contributed by atoms with Crippen molar-refractivity contribution in [3.63, 3.8) is 0 Å². The molecular formula is C12H18ClN3O2S. The zero-order chi connectivity index (χ0) is 13.9. The number of hydrogen-bond donors (Lipinski definition) is 2. The van der Waals surface area contributed by atoms with E-state index in [1.165, 1.54) is 4.31 Å². The molecule has 1 aliphatic rings. The second kappa shape index (κ2) is 6.19. The van der Waals surface area contributed by atoms with Crippen LogP contribution < -0.4 is 10.0 Å². The summed E-state index contributed by atoms with van der Waals surface area (Å²) in [6.45, 7) is 4.14. The SMILES string of the molecule is CC(NS(=O)(=O)N1CCNCC1)c1ccccc1Cl. The first-order valence-electron chi connectivity index (χ1n) is 6.23. The molecule has 19 heavy (non-hydrogen) atoms. The maximum atomic E-state index is 12.2. The fourth-order valence-electron chi connectivity index (χ4n) is 2.07. The Morgan fingerprint density at radius 2 is 1.95 bits per heavy atom. The highest BCUT2D eigenvalue weighted by Gasteiger charge is 2.26. The van der Waals surface area contributed by atoms with Crippen LogP contribution in [0.25, 0.3) is 0 Å². The van der Waals surface area contributed by atoms with Gasteiger partial charge < -0.3 is 5.32 Å². The zero-order valence-electron chi connectivity index (χ0n) is 10.8. The van der Waals surface area contributed by atoms with Gasteiger partial charge in [0, 0.05) is 37.2 Å². The molecule has 1 fully saturated rings. The lowest BCUT2D eigenvalue weighted by Gasteiger charge is -2.28. The molecule has 1 heterocycles. The Kier molecular flexibility index (Phi) is 4.81. The molecule has 1 atom stereocenters. The predicted octanol–water partition coefficient (Wildman–Crippen LogP) is 1.14. The van der Waals surface area contributed by atoms with Gasteiger partial charge in [0.25, 0.3) is 10.2 Å². The van der Waals surface area contributed by atoms with Crippen LogP contribution in [0.4, 0.5) is 0 Å². The fourth-order valence-corrected chi connectivity index (χ4v) is 3.76. The summed E-state index contributed by atoms with van der Waals surface area (Å²) >= 11 is 6.08. The minimum Gasteiger partial charge on any atom is -0.314 e. The van der Waals surface area contributed by atoms with Crippen molar-refractivity contribution in [1.29, 1.82) is 0 Å². The summed E-state index contributed by atoms with van der Waals surface area (Å²) in [6.07, 6.45) is 0. The predicted molar refractivity (Wildman–Crippen MR) is 76.4 cm³/mol. The van der Waals surface area contributed by atoms with Gasteiger partial charge in [-0.3, -0.25) is 0 Å². The second-order valence-corrected chi connectivity index (χ2v) is 6.62. The number of nitrogens with one attached hydrogen (secondary N) is 2. The molecule has 0 bridgehead atoms. The summed E-state index contributed by atoms with van der Waals surface area (Å²) in [5, 5.41) is 3.69. The highest BCUT2D eigenvalue weighted by molar-refractivity contribution is 7.87. The Hall–Kier alpha value is -0.660. The molecule has 106 valence electrons. The smallest absolute Gasteiger partial charge is 0.280 e. The Morgan fingerprint density at radius 3 is 2.58 bits per heavy atom.